The minimum Gasteiger partial charge on any atom is -0.480 e. The Hall–Kier alpha value is -3.04. The summed E-state index contributed by atoms with van der Waals surface area (Å²) >= 11 is 1.52. The minimum absolute atomic E-state index is 0.0620. The van der Waals surface area contributed by atoms with E-state index >= 15 is 0 Å². The summed E-state index contributed by atoms with van der Waals surface area (Å²) in [6.45, 7) is 0.361. The third-order valence-corrected chi connectivity index (χ3v) is 6.78. The van der Waals surface area contributed by atoms with Gasteiger partial charge in [0, 0.05) is 24.8 Å². The fraction of sp³-hybridized carbons (Fsp3) is 0.400. The van der Waals surface area contributed by atoms with Crippen LogP contribution in [0.4, 0.5) is 4.79 Å². The highest BCUT2D eigenvalue weighted by molar-refractivity contribution is 7.98. The lowest BCUT2D eigenvalue weighted by atomic mass is 9.98. The molecular weight excluding hydrogens is 456 g/mol. The number of alkyl carbamates (subject to hydrolysis) is 1. The molecule has 4 rings (SSSR count). The van der Waals surface area contributed by atoms with E-state index in [0.717, 1.165) is 22.3 Å². The lowest BCUT2D eigenvalue weighted by molar-refractivity contribution is -0.149. The van der Waals surface area contributed by atoms with Crippen molar-refractivity contribution in [1.29, 1.82) is 0 Å². The van der Waals surface area contributed by atoms with Gasteiger partial charge in [0.2, 0.25) is 0 Å². The van der Waals surface area contributed by atoms with Crippen LogP contribution in [0, 0.1) is 0 Å². The van der Waals surface area contributed by atoms with Crippen molar-refractivity contribution in [1.82, 2.24) is 10.2 Å². The third kappa shape index (κ3) is 5.20. The Morgan fingerprint density at radius 1 is 1.12 bits per heavy atom. The molecule has 1 heterocycles. The van der Waals surface area contributed by atoms with Crippen molar-refractivity contribution < 1.29 is 29.0 Å². The maximum absolute atomic E-state index is 13.0. The van der Waals surface area contributed by atoms with E-state index in [4.69, 9.17) is 14.6 Å². The van der Waals surface area contributed by atoms with Gasteiger partial charge in [0.1, 0.15) is 13.2 Å². The van der Waals surface area contributed by atoms with E-state index in [1.54, 1.807) is 0 Å². The number of carboxylic acids is 1. The van der Waals surface area contributed by atoms with Crippen LogP contribution in [0.3, 0.4) is 0 Å². The van der Waals surface area contributed by atoms with Gasteiger partial charge in [-0.1, -0.05) is 48.5 Å². The van der Waals surface area contributed by atoms with Crippen molar-refractivity contribution >= 4 is 29.7 Å². The number of carbonyl (C=O) groups excluding carboxylic acids is 2. The highest BCUT2D eigenvalue weighted by Crippen LogP contribution is 2.44. The lowest BCUT2D eigenvalue weighted by Gasteiger charge is -2.26. The number of nitrogens with zero attached hydrogens (tertiary/aromatic N) is 1. The zero-order chi connectivity index (χ0) is 24.1. The molecule has 1 saturated heterocycles. The molecule has 0 radical (unpaired) electrons. The van der Waals surface area contributed by atoms with Crippen molar-refractivity contribution in [3.05, 3.63) is 59.7 Å². The fourth-order valence-corrected chi connectivity index (χ4v) is 4.99. The quantitative estimate of drug-likeness (QED) is 0.564. The van der Waals surface area contributed by atoms with Crippen LogP contribution in [0.25, 0.3) is 11.1 Å². The third-order valence-electron chi connectivity index (χ3n) is 6.19. The summed E-state index contributed by atoms with van der Waals surface area (Å²) < 4.78 is 11.2. The predicted octanol–water partition coefficient (Wildman–Crippen LogP) is 2.96. The first kappa shape index (κ1) is 24.1. The number of carboxylic acid groups (broad SMARTS) is 1. The van der Waals surface area contributed by atoms with Gasteiger partial charge in [0.05, 0.1) is 6.04 Å². The van der Waals surface area contributed by atoms with Crippen LogP contribution in [0.2, 0.25) is 0 Å². The van der Waals surface area contributed by atoms with Gasteiger partial charge in [-0.15, -0.1) is 0 Å². The Bertz CT molecular complexity index is 1020. The molecule has 180 valence electrons. The fourth-order valence-electron chi connectivity index (χ4n) is 4.58. The zero-order valence-corrected chi connectivity index (χ0v) is 19.8. The first-order valence-electron chi connectivity index (χ1n) is 11.2. The van der Waals surface area contributed by atoms with Crippen molar-refractivity contribution in [3.8, 4) is 11.1 Å². The Balaban J connectivity index is 1.38. The van der Waals surface area contributed by atoms with Gasteiger partial charge in [-0.3, -0.25) is 9.59 Å². The predicted molar refractivity (Wildman–Crippen MR) is 129 cm³/mol. The number of ether oxygens (including phenoxy) is 2. The van der Waals surface area contributed by atoms with Crippen molar-refractivity contribution in [2.45, 2.75) is 24.5 Å². The molecular formula is C25H28N2O6S. The Morgan fingerprint density at radius 2 is 1.76 bits per heavy atom. The smallest absolute Gasteiger partial charge is 0.407 e. The molecule has 0 unspecified atom stereocenters. The highest BCUT2D eigenvalue weighted by atomic mass is 32.2. The van der Waals surface area contributed by atoms with Gasteiger partial charge in [-0.25, -0.2) is 4.79 Å². The van der Waals surface area contributed by atoms with Crippen LogP contribution < -0.4 is 5.32 Å². The zero-order valence-electron chi connectivity index (χ0n) is 18.9. The van der Waals surface area contributed by atoms with Crippen LogP contribution >= 0.6 is 11.8 Å². The van der Waals surface area contributed by atoms with E-state index in [1.165, 1.54) is 16.7 Å². The van der Waals surface area contributed by atoms with Gasteiger partial charge in [-0.2, -0.15) is 11.8 Å². The summed E-state index contributed by atoms with van der Waals surface area (Å²) in [5.74, 6) is -0.977. The SMILES string of the molecule is CSCCN(CC(=O)O)C(=O)[C@@H]1OCC[C@@H]1NC(=O)OCC1c2ccccc2-c2ccccc21. The van der Waals surface area contributed by atoms with Gasteiger partial charge in [-0.05, 0) is 34.9 Å². The molecule has 1 aliphatic heterocycles. The summed E-state index contributed by atoms with van der Waals surface area (Å²) in [5, 5.41) is 11.9. The Labute approximate surface area is 202 Å². The number of thioether (sulfide) groups is 1. The molecule has 0 bridgehead atoms. The largest absolute Gasteiger partial charge is 0.480 e. The second-order valence-corrected chi connectivity index (χ2v) is 9.29. The molecule has 0 saturated carbocycles. The van der Waals surface area contributed by atoms with Gasteiger partial charge < -0.3 is 24.8 Å². The summed E-state index contributed by atoms with van der Waals surface area (Å²) in [6.07, 6.45) is 0.784. The lowest BCUT2D eigenvalue weighted by Crippen LogP contribution is -2.51. The molecule has 0 aromatic heterocycles. The molecule has 1 aliphatic carbocycles. The topological polar surface area (TPSA) is 105 Å². The second kappa shape index (κ2) is 10.9. The van der Waals surface area contributed by atoms with E-state index in [0.29, 0.717) is 25.3 Å². The van der Waals surface area contributed by atoms with Crippen LogP contribution in [0.5, 0.6) is 0 Å². The average molecular weight is 485 g/mol. The number of aliphatic carboxylic acids is 1. The van der Waals surface area contributed by atoms with E-state index in [2.05, 4.69) is 17.4 Å². The molecule has 8 nitrogen and oxygen atoms in total. The molecule has 9 heteroatoms. The number of fused-ring (bicyclic) bond motifs is 3. The number of hydrogen-bond acceptors (Lipinski definition) is 6. The normalized spacial score (nSPS) is 18.7. The van der Waals surface area contributed by atoms with Gasteiger partial charge in [0.15, 0.2) is 6.10 Å². The summed E-state index contributed by atoms with van der Waals surface area (Å²) in [7, 11) is 0. The number of nitrogens with one attached hydrogen (secondary N) is 1. The summed E-state index contributed by atoms with van der Waals surface area (Å²) in [4.78, 5) is 38.1. The van der Waals surface area contributed by atoms with Crippen molar-refractivity contribution in [2.75, 3.05) is 38.3 Å². The van der Waals surface area contributed by atoms with Gasteiger partial charge in [0.25, 0.3) is 5.91 Å². The number of benzene rings is 2. The number of hydrogen-bond donors (Lipinski definition) is 2. The molecule has 1 fully saturated rings. The van der Waals surface area contributed by atoms with E-state index in [9.17, 15) is 14.4 Å². The van der Waals surface area contributed by atoms with Crippen LogP contribution in [-0.4, -0.2) is 78.4 Å². The second-order valence-electron chi connectivity index (χ2n) is 8.30. The van der Waals surface area contributed by atoms with Crippen LogP contribution in [0.1, 0.15) is 23.5 Å². The highest BCUT2D eigenvalue weighted by Gasteiger charge is 2.39. The molecule has 34 heavy (non-hydrogen) atoms. The standard InChI is InChI=1S/C25H28N2O6S/c1-34-13-11-27(14-22(28)29)24(30)23-21(10-12-32-23)26-25(31)33-15-20-18-8-4-2-6-16(18)17-7-3-5-9-19(17)20/h2-9,20-21,23H,10-15H2,1H3,(H,26,31)(H,28,29)/t21-,23+/m0/s1. The van der Waals surface area contributed by atoms with Crippen molar-refractivity contribution in [3.63, 3.8) is 0 Å². The Morgan fingerprint density at radius 3 is 2.38 bits per heavy atom. The number of rotatable bonds is 9. The van der Waals surface area contributed by atoms with E-state index < -0.39 is 36.7 Å². The average Bonchev–Trinajstić information content (AvgIpc) is 3.42. The van der Waals surface area contributed by atoms with E-state index in [1.807, 2.05) is 42.7 Å². The van der Waals surface area contributed by atoms with Crippen molar-refractivity contribution in [2.24, 2.45) is 0 Å². The minimum atomic E-state index is -1.09. The van der Waals surface area contributed by atoms with Crippen LogP contribution in [-0.2, 0) is 19.1 Å². The number of amides is 2. The van der Waals surface area contributed by atoms with E-state index in [-0.39, 0.29) is 12.5 Å². The first-order valence-corrected chi connectivity index (χ1v) is 12.6. The molecule has 2 N–H and O–H groups in total. The molecule has 2 amide bonds. The molecule has 0 spiro atoms. The first-order chi connectivity index (χ1) is 16.5. The number of carbonyl (C=O) groups is 3. The Kier molecular flexibility index (Phi) is 7.74. The molecule has 2 atom stereocenters. The summed E-state index contributed by atoms with van der Waals surface area (Å²) in [5.41, 5.74) is 4.52. The van der Waals surface area contributed by atoms with Gasteiger partial charge >= 0.3 is 12.1 Å². The maximum atomic E-state index is 13.0. The molecule has 2 aromatic carbocycles. The monoisotopic (exact) mass is 484 g/mol. The molecule has 2 aromatic rings. The summed E-state index contributed by atoms with van der Waals surface area (Å²) in [6, 6.07) is 15.6. The maximum Gasteiger partial charge on any atom is 0.407 e. The van der Waals surface area contributed by atoms with Crippen LogP contribution in [0.15, 0.2) is 48.5 Å². The molecule has 2 aliphatic rings.